The third-order valence-corrected chi connectivity index (χ3v) is 4.01. The van der Waals surface area contributed by atoms with Gasteiger partial charge in [-0.25, -0.2) is 4.98 Å². The molecule has 7 nitrogen and oxygen atoms in total. The highest BCUT2D eigenvalue weighted by Crippen LogP contribution is 2.12. The van der Waals surface area contributed by atoms with E-state index in [9.17, 15) is 9.59 Å². The molecule has 0 atom stereocenters. The van der Waals surface area contributed by atoms with Gasteiger partial charge in [0.2, 0.25) is 0 Å². The molecule has 0 aliphatic rings. The minimum absolute atomic E-state index is 0.242. The number of rotatable bonds is 5. The Balaban J connectivity index is 1.35. The number of benzene rings is 1. The lowest BCUT2D eigenvalue weighted by molar-refractivity contribution is 0.0945. The maximum atomic E-state index is 12.3. The molecular formula is C20H16N4O3. The van der Waals surface area contributed by atoms with Crippen LogP contribution in [0.25, 0.3) is 5.65 Å². The molecule has 0 aliphatic heterocycles. The zero-order valence-electron chi connectivity index (χ0n) is 14.3. The van der Waals surface area contributed by atoms with Crippen LogP contribution in [0, 0.1) is 0 Å². The lowest BCUT2D eigenvalue weighted by Gasteiger charge is -2.06. The van der Waals surface area contributed by atoms with Crippen LogP contribution in [0.15, 0.2) is 77.7 Å². The first-order chi connectivity index (χ1) is 13.2. The van der Waals surface area contributed by atoms with Gasteiger partial charge in [-0.15, -0.1) is 0 Å². The molecule has 0 saturated carbocycles. The number of amides is 2. The monoisotopic (exact) mass is 360 g/mol. The van der Waals surface area contributed by atoms with Crippen LogP contribution >= 0.6 is 0 Å². The minimum atomic E-state index is -0.312. The fourth-order valence-electron chi connectivity index (χ4n) is 2.62. The summed E-state index contributed by atoms with van der Waals surface area (Å²) >= 11 is 0. The number of aromatic nitrogens is 2. The summed E-state index contributed by atoms with van der Waals surface area (Å²) in [6.07, 6.45) is 4.98. The Hall–Kier alpha value is -3.87. The van der Waals surface area contributed by atoms with E-state index in [1.54, 1.807) is 34.9 Å². The van der Waals surface area contributed by atoms with Crippen molar-refractivity contribution in [2.45, 2.75) is 6.54 Å². The molecule has 0 bridgehead atoms. The number of hydrogen-bond acceptors (Lipinski definition) is 4. The topological polar surface area (TPSA) is 88.6 Å². The van der Waals surface area contributed by atoms with Gasteiger partial charge in [0.1, 0.15) is 11.3 Å². The maximum absolute atomic E-state index is 12.3. The molecule has 7 heteroatoms. The summed E-state index contributed by atoms with van der Waals surface area (Å²) in [6.45, 7) is 0.360. The Morgan fingerprint density at radius 2 is 1.85 bits per heavy atom. The van der Waals surface area contributed by atoms with Crippen molar-refractivity contribution in [1.29, 1.82) is 0 Å². The second-order valence-corrected chi connectivity index (χ2v) is 5.90. The standard InChI is InChI=1S/C20H16N4O3/c25-19(16-13-24-10-2-1-5-18(24)23-16)21-12-14-6-8-15(9-7-14)22-20(26)17-4-3-11-27-17/h1-11,13H,12H2,(H,21,25)(H,22,26). The van der Waals surface area contributed by atoms with E-state index < -0.39 is 0 Å². The molecule has 1 aromatic carbocycles. The van der Waals surface area contributed by atoms with Crippen molar-refractivity contribution in [3.05, 3.63) is 90.3 Å². The SMILES string of the molecule is O=C(NCc1ccc(NC(=O)c2ccco2)cc1)c1cn2ccccc2n1. The number of carbonyl (C=O) groups is 2. The van der Waals surface area contributed by atoms with E-state index >= 15 is 0 Å². The van der Waals surface area contributed by atoms with Crippen LogP contribution in [-0.2, 0) is 6.54 Å². The molecule has 3 aromatic heterocycles. The van der Waals surface area contributed by atoms with Crippen LogP contribution in [0.5, 0.6) is 0 Å². The van der Waals surface area contributed by atoms with Crippen molar-refractivity contribution >= 4 is 23.1 Å². The lowest BCUT2D eigenvalue weighted by Crippen LogP contribution is -2.23. The first kappa shape index (κ1) is 16.6. The molecule has 4 aromatic rings. The molecule has 0 aliphatic carbocycles. The summed E-state index contributed by atoms with van der Waals surface area (Å²) < 4.78 is 6.85. The molecular weight excluding hydrogens is 344 g/mol. The van der Waals surface area contributed by atoms with E-state index in [1.807, 2.05) is 36.5 Å². The van der Waals surface area contributed by atoms with Crippen LogP contribution in [0.4, 0.5) is 5.69 Å². The average molecular weight is 360 g/mol. The smallest absolute Gasteiger partial charge is 0.291 e. The minimum Gasteiger partial charge on any atom is -0.459 e. The predicted octanol–water partition coefficient (Wildman–Crippen LogP) is 3.11. The second-order valence-electron chi connectivity index (χ2n) is 5.90. The Kier molecular flexibility index (Phi) is 4.40. The Morgan fingerprint density at radius 3 is 2.59 bits per heavy atom. The molecule has 27 heavy (non-hydrogen) atoms. The molecule has 0 radical (unpaired) electrons. The van der Waals surface area contributed by atoms with Crippen LogP contribution in [0.1, 0.15) is 26.6 Å². The number of imidazole rings is 1. The van der Waals surface area contributed by atoms with E-state index in [4.69, 9.17) is 4.42 Å². The molecule has 2 N–H and O–H groups in total. The van der Waals surface area contributed by atoms with E-state index in [-0.39, 0.29) is 17.6 Å². The highest BCUT2D eigenvalue weighted by Gasteiger charge is 2.11. The predicted molar refractivity (Wildman–Crippen MR) is 99.5 cm³/mol. The molecule has 134 valence electrons. The van der Waals surface area contributed by atoms with Gasteiger partial charge in [-0.2, -0.15) is 0 Å². The van der Waals surface area contributed by atoms with E-state index in [1.165, 1.54) is 6.26 Å². The van der Waals surface area contributed by atoms with Gasteiger partial charge in [-0.3, -0.25) is 9.59 Å². The first-order valence-electron chi connectivity index (χ1n) is 8.35. The molecule has 0 spiro atoms. The first-order valence-corrected chi connectivity index (χ1v) is 8.35. The Labute approximate surface area is 154 Å². The number of furan rings is 1. The van der Waals surface area contributed by atoms with Crippen molar-refractivity contribution in [3.8, 4) is 0 Å². The molecule has 0 unspecified atom stereocenters. The highest BCUT2D eigenvalue weighted by atomic mass is 16.3. The number of fused-ring (bicyclic) bond motifs is 1. The van der Waals surface area contributed by atoms with Gasteiger partial charge >= 0.3 is 0 Å². The van der Waals surface area contributed by atoms with Gasteiger partial charge in [-0.05, 0) is 42.0 Å². The van der Waals surface area contributed by atoms with Crippen molar-refractivity contribution in [2.75, 3.05) is 5.32 Å². The van der Waals surface area contributed by atoms with Gasteiger partial charge in [-0.1, -0.05) is 18.2 Å². The van der Waals surface area contributed by atoms with E-state index in [2.05, 4.69) is 15.6 Å². The molecule has 0 saturated heterocycles. The van der Waals surface area contributed by atoms with Crippen LogP contribution in [-0.4, -0.2) is 21.2 Å². The summed E-state index contributed by atoms with van der Waals surface area (Å²) in [7, 11) is 0. The van der Waals surface area contributed by atoms with Crippen molar-refractivity contribution < 1.29 is 14.0 Å². The number of pyridine rings is 1. The number of carbonyl (C=O) groups excluding carboxylic acids is 2. The molecule has 4 rings (SSSR count). The van der Waals surface area contributed by atoms with Gasteiger partial charge < -0.3 is 19.5 Å². The molecule has 0 fully saturated rings. The van der Waals surface area contributed by atoms with Crippen LogP contribution in [0.3, 0.4) is 0 Å². The van der Waals surface area contributed by atoms with Crippen molar-refractivity contribution in [2.24, 2.45) is 0 Å². The van der Waals surface area contributed by atoms with Crippen molar-refractivity contribution in [3.63, 3.8) is 0 Å². The summed E-state index contributed by atoms with van der Waals surface area (Å²) in [5.74, 6) is -0.305. The average Bonchev–Trinajstić information content (AvgIpc) is 3.37. The Bertz CT molecular complexity index is 1050. The van der Waals surface area contributed by atoms with Gasteiger partial charge in [0, 0.05) is 24.6 Å². The fourth-order valence-corrected chi connectivity index (χ4v) is 2.62. The largest absolute Gasteiger partial charge is 0.459 e. The second kappa shape index (κ2) is 7.17. The number of hydrogen-bond donors (Lipinski definition) is 2. The van der Waals surface area contributed by atoms with Gasteiger partial charge in [0.15, 0.2) is 5.76 Å². The summed E-state index contributed by atoms with van der Waals surface area (Å²) in [6, 6.07) is 16.1. The zero-order valence-corrected chi connectivity index (χ0v) is 14.3. The number of nitrogens with one attached hydrogen (secondary N) is 2. The van der Waals surface area contributed by atoms with Crippen molar-refractivity contribution in [1.82, 2.24) is 14.7 Å². The Morgan fingerprint density at radius 1 is 1.00 bits per heavy atom. The van der Waals surface area contributed by atoms with E-state index in [0.29, 0.717) is 17.9 Å². The van der Waals surface area contributed by atoms with Gasteiger partial charge in [0.25, 0.3) is 11.8 Å². The normalized spacial score (nSPS) is 10.7. The quantitative estimate of drug-likeness (QED) is 0.572. The fraction of sp³-hybridized carbons (Fsp3) is 0.0500. The summed E-state index contributed by atoms with van der Waals surface area (Å²) in [4.78, 5) is 28.5. The third kappa shape index (κ3) is 3.72. The molecule has 3 heterocycles. The van der Waals surface area contributed by atoms with Gasteiger partial charge in [0.05, 0.1) is 6.26 Å². The number of nitrogens with zero attached hydrogens (tertiary/aromatic N) is 2. The summed E-state index contributed by atoms with van der Waals surface area (Å²) in [5, 5.41) is 5.59. The van der Waals surface area contributed by atoms with Crippen LogP contribution in [0.2, 0.25) is 0 Å². The lowest BCUT2D eigenvalue weighted by atomic mass is 10.2. The van der Waals surface area contributed by atoms with Crippen LogP contribution < -0.4 is 10.6 Å². The maximum Gasteiger partial charge on any atom is 0.291 e. The molecule has 2 amide bonds. The summed E-state index contributed by atoms with van der Waals surface area (Å²) in [5.41, 5.74) is 2.64. The third-order valence-electron chi connectivity index (χ3n) is 4.01. The number of anilines is 1. The van der Waals surface area contributed by atoms with E-state index in [0.717, 1.165) is 11.2 Å². The highest BCUT2D eigenvalue weighted by molar-refractivity contribution is 6.02. The zero-order chi connectivity index (χ0) is 18.6.